The fourth-order valence-electron chi connectivity index (χ4n) is 2.22. The first-order valence-corrected chi connectivity index (χ1v) is 7.30. The summed E-state index contributed by atoms with van der Waals surface area (Å²) in [6, 6.07) is 10.00. The van der Waals surface area contributed by atoms with Gasteiger partial charge in [-0.25, -0.2) is 4.39 Å². The van der Waals surface area contributed by atoms with Crippen molar-refractivity contribution in [1.29, 1.82) is 0 Å². The first-order valence-electron chi connectivity index (χ1n) is 6.22. The predicted molar refractivity (Wildman–Crippen MR) is 84.1 cm³/mol. The van der Waals surface area contributed by atoms with Gasteiger partial charge in [-0.2, -0.15) is 0 Å². The molecular weight excluding hydrogens is 370 g/mol. The van der Waals surface area contributed by atoms with Crippen molar-refractivity contribution in [2.75, 3.05) is 5.32 Å². The summed E-state index contributed by atoms with van der Waals surface area (Å²) in [7, 11) is 0. The SMILES string of the molecule is O=C(Nc1ccc(F)cc1I)c1ccc2c(c1)CNC2. The Bertz CT molecular complexity index is 688. The van der Waals surface area contributed by atoms with Crippen LogP contribution in [-0.2, 0) is 13.1 Å². The molecule has 3 nitrogen and oxygen atoms in total. The number of anilines is 1. The molecule has 0 unspecified atom stereocenters. The van der Waals surface area contributed by atoms with Crippen molar-refractivity contribution in [2.24, 2.45) is 0 Å². The lowest BCUT2D eigenvalue weighted by molar-refractivity contribution is 0.102. The molecular formula is C15H12FIN2O. The van der Waals surface area contributed by atoms with E-state index in [1.54, 1.807) is 6.07 Å². The molecule has 0 radical (unpaired) electrons. The van der Waals surface area contributed by atoms with Crippen LogP contribution in [0.3, 0.4) is 0 Å². The van der Waals surface area contributed by atoms with Crippen LogP contribution in [0.2, 0.25) is 0 Å². The number of hydrogen-bond donors (Lipinski definition) is 2. The van der Waals surface area contributed by atoms with Crippen LogP contribution in [-0.4, -0.2) is 5.91 Å². The number of carbonyl (C=O) groups is 1. The van der Waals surface area contributed by atoms with E-state index >= 15 is 0 Å². The molecule has 5 heteroatoms. The lowest BCUT2D eigenvalue weighted by Crippen LogP contribution is -2.13. The minimum absolute atomic E-state index is 0.177. The summed E-state index contributed by atoms with van der Waals surface area (Å²) in [5.74, 6) is -0.486. The third-order valence-electron chi connectivity index (χ3n) is 3.28. The molecule has 2 aromatic carbocycles. The van der Waals surface area contributed by atoms with Crippen LogP contribution >= 0.6 is 22.6 Å². The molecule has 0 atom stereocenters. The van der Waals surface area contributed by atoms with E-state index in [1.807, 2.05) is 40.8 Å². The van der Waals surface area contributed by atoms with Gasteiger partial charge >= 0.3 is 0 Å². The van der Waals surface area contributed by atoms with Crippen molar-refractivity contribution < 1.29 is 9.18 Å². The Hall–Kier alpha value is -1.47. The molecule has 0 aromatic heterocycles. The molecule has 102 valence electrons. The van der Waals surface area contributed by atoms with Gasteiger partial charge in [0.05, 0.1) is 5.69 Å². The molecule has 0 bridgehead atoms. The maximum atomic E-state index is 13.0. The highest BCUT2D eigenvalue weighted by Gasteiger charge is 2.14. The van der Waals surface area contributed by atoms with Gasteiger partial charge in [-0.15, -0.1) is 0 Å². The van der Waals surface area contributed by atoms with E-state index in [9.17, 15) is 9.18 Å². The zero-order chi connectivity index (χ0) is 14.1. The zero-order valence-electron chi connectivity index (χ0n) is 10.5. The highest BCUT2D eigenvalue weighted by Crippen LogP contribution is 2.21. The van der Waals surface area contributed by atoms with E-state index in [0.717, 1.165) is 18.7 Å². The largest absolute Gasteiger partial charge is 0.321 e. The Morgan fingerprint density at radius 3 is 2.75 bits per heavy atom. The summed E-state index contributed by atoms with van der Waals surface area (Å²) in [5.41, 5.74) is 3.63. The molecule has 0 fully saturated rings. The summed E-state index contributed by atoms with van der Waals surface area (Å²) >= 11 is 2.00. The molecule has 0 spiro atoms. The Kier molecular flexibility index (Phi) is 3.71. The van der Waals surface area contributed by atoms with Gasteiger partial charge in [-0.05, 0) is 64.0 Å². The molecule has 1 aliphatic rings. The fraction of sp³-hybridized carbons (Fsp3) is 0.133. The third-order valence-corrected chi connectivity index (χ3v) is 4.17. The monoisotopic (exact) mass is 382 g/mol. The summed E-state index contributed by atoms with van der Waals surface area (Å²) in [5, 5.41) is 6.06. The number of nitrogens with one attached hydrogen (secondary N) is 2. The first-order chi connectivity index (χ1) is 9.63. The van der Waals surface area contributed by atoms with Gasteiger partial charge < -0.3 is 10.6 Å². The van der Waals surface area contributed by atoms with E-state index < -0.39 is 0 Å². The molecule has 0 aliphatic carbocycles. The molecule has 1 aliphatic heterocycles. The fourth-order valence-corrected chi connectivity index (χ4v) is 2.83. The van der Waals surface area contributed by atoms with Gasteiger partial charge in [0.25, 0.3) is 5.91 Å². The second-order valence-electron chi connectivity index (χ2n) is 4.67. The standard InChI is InChI=1S/C15H12FIN2O/c16-12-3-4-14(13(17)6-12)19-15(20)9-1-2-10-7-18-8-11(10)5-9/h1-6,18H,7-8H2,(H,19,20). The molecule has 2 N–H and O–H groups in total. The minimum atomic E-state index is -0.309. The zero-order valence-corrected chi connectivity index (χ0v) is 12.7. The molecule has 1 heterocycles. The average Bonchev–Trinajstić information content (AvgIpc) is 2.89. The van der Waals surface area contributed by atoms with Crippen LogP contribution in [0.4, 0.5) is 10.1 Å². The van der Waals surface area contributed by atoms with E-state index in [1.165, 1.54) is 17.7 Å². The van der Waals surface area contributed by atoms with Crippen LogP contribution in [0.5, 0.6) is 0 Å². The van der Waals surface area contributed by atoms with Crippen molar-refractivity contribution in [3.63, 3.8) is 0 Å². The maximum absolute atomic E-state index is 13.0. The topological polar surface area (TPSA) is 41.1 Å². The summed E-state index contributed by atoms with van der Waals surface area (Å²) in [6.45, 7) is 1.65. The molecule has 20 heavy (non-hydrogen) atoms. The minimum Gasteiger partial charge on any atom is -0.321 e. The Morgan fingerprint density at radius 2 is 1.95 bits per heavy atom. The first kappa shape index (κ1) is 13.5. The number of fused-ring (bicyclic) bond motifs is 1. The molecule has 0 saturated heterocycles. The summed E-state index contributed by atoms with van der Waals surface area (Å²) in [4.78, 5) is 12.2. The van der Waals surface area contributed by atoms with Gasteiger partial charge in [0.15, 0.2) is 0 Å². The van der Waals surface area contributed by atoms with Gasteiger partial charge in [-0.1, -0.05) is 6.07 Å². The van der Waals surface area contributed by atoms with Crippen LogP contribution < -0.4 is 10.6 Å². The molecule has 3 rings (SSSR count). The van der Waals surface area contributed by atoms with Crippen molar-refractivity contribution in [3.05, 3.63) is 62.5 Å². The number of hydrogen-bond acceptors (Lipinski definition) is 2. The molecule has 0 saturated carbocycles. The summed E-state index contributed by atoms with van der Waals surface area (Å²) < 4.78 is 13.7. The predicted octanol–water partition coefficient (Wildman–Crippen LogP) is 3.29. The Balaban J connectivity index is 1.82. The number of carbonyl (C=O) groups excluding carboxylic acids is 1. The van der Waals surface area contributed by atoms with Gasteiger partial charge in [0, 0.05) is 22.2 Å². The number of amides is 1. The van der Waals surface area contributed by atoms with Crippen LogP contribution in [0.1, 0.15) is 21.5 Å². The van der Waals surface area contributed by atoms with E-state index in [0.29, 0.717) is 14.8 Å². The Morgan fingerprint density at radius 1 is 1.15 bits per heavy atom. The average molecular weight is 382 g/mol. The summed E-state index contributed by atoms with van der Waals surface area (Å²) in [6.07, 6.45) is 0. The number of halogens is 2. The molecule has 1 amide bonds. The second-order valence-corrected chi connectivity index (χ2v) is 5.83. The second kappa shape index (κ2) is 5.49. The van der Waals surface area contributed by atoms with E-state index in [-0.39, 0.29) is 11.7 Å². The normalized spacial score (nSPS) is 13.1. The number of benzene rings is 2. The maximum Gasteiger partial charge on any atom is 0.255 e. The highest BCUT2D eigenvalue weighted by molar-refractivity contribution is 14.1. The van der Waals surface area contributed by atoms with Crippen LogP contribution in [0.25, 0.3) is 0 Å². The third kappa shape index (κ3) is 2.69. The smallest absolute Gasteiger partial charge is 0.255 e. The lowest BCUT2D eigenvalue weighted by atomic mass is 10.1. The van der Waals surface area contributed by atoms with Crippen LogP contribution in [0, 0.1) is 9.39 Å². The van der Waals surface area contributed by atoms with Crippen molar-refractivity contribution in [1.82, 2.24) is 5.32 Å². The van der Waals surface area contributed by atoms with Crippen molar-refractivity contribution >= 4 is 34.2 Å². The number of rotatable bonds is 2. The van der Waals surface area contributed by atoms with Gasteiger partial charge in [-0.3, -0.25) is 4.79 Å². The quantitative estimate of drug-likeness (QED) is 0.783. The van der Waals surface area contributed by atoms with E-state index in [4.69, 9.17) is 0 Å². The van der Waals surface area contributed by atoms with E-state index in [2.05, 4.69) is 10.6 Å². The lowest BCUT2D eigenvalue weighted by Gasteiger charge is -2.08. The van der Waals surface area contributed by atoms with Gasteiger partial charge in [0.2, 0.25) is 0 Å². The van der Waals surface area contributed by atoms with Crippen molar-refractivity contribution in [3.8, 4) is 0 Å². The van der Waals surface area contributed by atoms with Crippen molar-refractivity contribution in [2.45, 2.75) is 13.1 Å². The highest BCUT2D eigenvalue weighted by atomic mass is 127. The Labute approximate surface area is 129 Å². The van der Waals surface area contributed by atoms with Crippen LogP contribution in [0.15, 0.2) is 36.4 Å². The molecule has 2 aromatic rings. The van der Waals surface area contributed by atoms with Gasteiger partial charge in [0.1, 0.15) is 5.82 Å².